The Balaban J connectivity index is 1.72. The van der Waals surface area contributed by atoms with E-state index in [4.69, 9.17) is 4.74 Å². The molecule has 26 heavy (non-hydrogen) atoms. The maximum atomic E-state index is 11.7. The van der Waals surface area contributed by atoms with E-state index in [1.165, 1.54) is 0 Å². The molecule has 0 atom stereocenters. The van der Waals surface area contributed by atoms with Gasteiger partial charge in [0.15, 0.2) is 0 Å². The van der Waals surface area contributed by atoms with Crippen molar-refractivity contribution in [2.24, 2.45) is 0 Å². The molecule has 1 aromatic heterocycles. The Hall–Kier alpha value is -2.67. The highest BCUT2D eigenvalue weighted by atomic mass is 16.5. The number of anilines is 3. The van der Waals surface area contributed by atoms with Gasteiger partial charge in [0.25, 0.3) is 0 Å². The first kappa shape index (κ1) is 18.1. The molecule has 2 aromatic rings. The van der Waals surface area contributed by atoms with Crippen molar-refractivity contribution in [2.45, 2.75) is 13.8 Å². The molecule has 2 heterocycles. The summed E-state index contributed by atoms with van der Waals surface area (Å²) in [4.78, 5) is 25.4. The number of rotatable bonds is 5. The van der Waals surface area contributed by atoms with E-state index >= 15 is 0 Å². The number of hydrogen-bond donors (Lipinski definition) is 1. The van der Waals surface area contributed by atoms with Gasteiger partial charge >= 0.3 is 5.97 Å². The molecule has 7 nitrogen and oxygen atoms in total. The Bertz CT molecular complexity index is 755. The normalized spacial score (nSPS) is 15.0. The van der Waals surface area contributed by atoms with Crippen LogP contribution < -0.4 is 10.2 Å². The van der Waals surface area contributed by atoms with Crippen molar-refractivity contribution in [3.63, 3.8) is 0 Å². The molecule has 7 heteroatoms. The van der Waals surface area contributed by atoms with Crippen LogP contribution in [0.3, 0.4) is 0 Å². The van der Waals surface area contributed by atoms with Crippen molar-refractivity contribution in [2.75, 3.05) is 50.1 Å². The molecule has 0 spiro atoms. The van der Waals surface area contributed by atoms with Crippen molar-refractivity contribution in [1.82, 2.24) is 14.9 Å². The number of benzene rings is 1. The van der Waals surface area contributed by atoms with Gasteiger partial charge < -0.3 is 19.9 Å². The summed E-state index contributed by atoms with van der Waals surface area (Å²) < 4.78 is 5.00. The zero-order valence-electron chi connectivity index (χ0n) is 15.5. The summed E-state index contributed by atoms with van der Waals surface area (Å²) >= 11 is 0. The van der Waals surface area contributed by atoms with Gasteiger partial charge in [0.2, 0.25) is 0 Å². The number of nitrogens with zero attached hydrogens (tertiary/aromatic N) is 4. The number of ether oxygens (including phenoxy) is 1. The van der Waals surface area contributed by atoms with Gasteiger partial charge in [-0.05, 0) is 45.2 Å². The van der Waals surface area contributed by atoms with Gasteiger partial charge in [0.05, 0.1) is 12.2 Å². The molecule has 1 aromatic carbocycles. The van der Waals surface area contributed by atoms with Crippen LogP contribution in [-0.4, -0.2) is 60.7 Å². The van der Waals surface area contributed by atoms with Crippen LogP contribution >= 0.6 is 0 Å². The molecule has 1 N–H and O–H groups in total. The minimum absolute atomic E-state index is 0.311. The van der Waals surface area contributed by atoms with Crippen LogP contribution in [0.1, 0.15) is 23.1 Å². The lowest BCUT2D eigenvalue weighted by Gasteiger charge is -2.33. The van der Waals surface area contributed by atoms with E-state index in [-0.39, 0.29) is 5.97 Å². The van der Waals surface area contributed by atoms with E-state index in [1.807, 2.05) is 25.1 Å². The second-order valence-corrected chi connectivity index (χ2v) is 6.37. The highest BCUT2D eigenvalue weighted by Gasteiger charge is 2.16. The topological polar surface area (TPSA) is 70.6 Å². The summed E-state index contributed by atoms with van der Waals surface area (Å²) in [5, 5.41) is 3.29. The molecule has 1 aliphatic heterocycles. The van der Waals surface area contributed by atoms with Crippen LogP contribution in [0.2, 0.25) is 0 Å². The molecule has 0 saturated carbocycles. The van der Waals surface area contributed by atoms with E-state index in [0.29, 0.717) is 12.2 Å². The first-order chi connectivity index (χ1) is 12.5. The lowest BCUT2D eigenvalue weighted by atomic mass is 10.2. The quantitative estimate of drug-likeness (QED) is 0.826. The first-order valence-corrected chi connectivity index (χ1v) is 8.88. The van der Waals surface area contributed by atoms with Gasteiger partial charge in [-0.25, -0.2) is 14.8 Å². The van der Waals surface area contributed by atoms with Crippen LogP contribution in [0.15, 0.2) is 30.3 Å². The number of hydrogen-bond acceptors (Lipinski definition) is 7. The van der Waals surface area contributed by atoms with Gasteiger partial charge in [-0.1, -0.05) is 0 Å². The predicted octanol–water partition coefficient (Wildman–Crippen LogP) is 2.46. The highest BCUT2D eigenvalue weighted by molar-refractivity contribution is 5.89. The molecule has 1 aliphatic rings. The van der Waals surface area contributed by atoms with E-state index in [0.717, 1.165) is 49.3 Å². The predicted molar refractivity (Wildman–Crippen MR) is 102 cm³/mol. The Morgan fingerprint density at radius 2 is 1.85 bits per heavy atom. The van der Waals surface area contributed by atoms with Crippen molar-refractivity contribution in [3.8, 4) is 0 Å². The van der Waals surface area contributed by atoms with Crippen LogP contribution in [0.25, 0.3) is 0 Å². The van der Waals surface area contributed by atoms with Crippen molar-refractivity contribution in [1.29, 1.82) is 0 Å². The Labute approximate surface area is 154 Å². The maximum absolute atomic E-state index is 11.7. The van der Waals surface area contributed by atoms with Gasteiger partial charge in [0.1, 0.15) is 17.5 Å². The van der Waals surface area contributed by atoms with E-state index in [2.05, 4.69) is 32.1 Å². The molecule has 1 fully saturated rings. The van der Waals surface area contributed by atoms with Crippen LogP contribution in [0, 0.1) is 6.92 Å². The average molecular weight is 355 g/mol. The molecule has 0 unspecified atom stereocenters. The fraction of sp³-hybridized carbons (Fsp3) is 0.421. The number of aryl methyl sites for hydroxylation is 1. The molecule has 0 radical (unpaired) electrons. The van der Waals surface area contributed by atoms with E-state index in [1.54, 1.807) is 19.1 Å². The summed E-state index contributed by atoms with van der Waals surface area (Å²) in [6.45, 7) is 8.04. The number of likely N-dealkylation sites (N-methyl/N-ethyl adjacent to an activating group) is 1. The second kappa shape index (κ2) is 8.14. The Kier molecular flexibility index (Phi) is 5.68. The van der Waals surface area contributed by atoms with Crippen LogP contribution in [0.4, 0.5) is 17.3 Å². The number of carbonyl (C=O) groups is 1. The highest BCUT2D eigenvalue weighted by Crippen LogP contribution is 2.21. The summed E-state index contributed by atoms with van der Waals surface area (Å²) in [7, 11) is 2.13. The smallest absolute Gasteiger partial charge is 0.338 e. The van der Waals surface area contributed by atoms with E-state index in [9.17, 15) is 4.79 Å². The molecular formula is C19H25N5O2. The molecule has 0 aliphatic carbocycles. The average Bonchev–Trinajstić information content (AvgIpc) is 2.62. The van der Waals surface area contributed by atoms with Crippen molar-refractivity contribution in [3.05, 3.63) is 41.7 Å². The third-order valence-corrected chi connectivity index (χ3v) is 4.32. The summed E-state index contributed by atoms with van der Waals surface area (Å²) in [5.41, 5.74) is 1.40. The molecule has 0 amide bonds. The molecule has 3 rings (SSSR count). The maximum Gasteiger partial charge on any atom is 0.338 e. The third kappa shape index (κ3) is 4.49. The van der Waals surface area contributed by atoms with Gasteiger partial charge in [-0.2, -0.15) is 0 Å². The van der Waals surface area contributed by atoms with Crippen LogP contribution in [0.5, 0.6) is 0 Å². The number of nitrogens with one attached hydrogen (secondary N) is 1. The number of aromatic nitrogens is 2. The lowest BCUT2D eigenvalue weighted by Crippen LogP contribution is -2.44. The fourth-order valence-electron chi connectivity index (χ4n) is 2.87. The second-order valence-electron chi connectivity index (χ2n) is 6.37. The standard InChI is InChI=1S/C19H25N5O2/c1-4-26-19(25)15-5-7-16(8-6-15)22-17-13-18(21-14(2)20-17)24-11-9-23(3)10-12-24/h5-8,13H,4,9-12H2,1-3H3,(H,20,21,22). The van der Waals surface area contributed by atoms with Gasteiger partial charge in [0, 0.05) is 37.9 Å². The molecule has 138 valence electrons. The summed E-state index contributed by atoms with van der Waals surface area (Å²) in [6.07, 6.45) is 0. The van der Waals surface area contributed by atoms with E-state index < -0.39 is 0 Å². The van der Waals surface area contributed by atoms with Gasteiger partial charge in [-0.15, -0.1) is 0 Å². The Morgan fingerprint density at radius 1 is 1.15 bits per heavy atom. The Morgan fingerprint density at radius 3 is 2.50 bits per heavy atom. The monoisotopic (exact) mass is 355 g/mol. The summed E-state index contributed by atoms with van der Waals surface area (Å²) in [5.74, 6) is 2.10. The minimum atomic E-state index is -0.311. The largest absolute Gasteiger partial charge is 0.462 e. The fourth-order valence-corrected chi connectivity index (χ4v) is 2.87. The molecule has 1 saturated heterocycles. The summed E-state index contributed by atoms with van der Waals surface area (Å²) in [6, 6.07) is 9.15. The SMILES string of the molecule is CCOC(=O)c1ccc(Nc2cc(N3CCN(C)CC3)nc(C)n2)cc1. The zero-order valence-corrected chi connectivity index (χ0v) is 15.5. The third-order valence-electron chi connectivity index (χ3n) is 4.32. The van der Waals surface area contributed by atoms with Crippen molar-refractivity contribution >= 4 is 23.3 Å². The first-order valence-electron chi connectivity index (χ1n) is 8.88. The number of piperazine rings is 1. The van der Waals surface area contributed by atoms with Crippen molar-refractivity contribution < 1.29 is 9.53 Å². The van der Waals surface area contributed by atoms with Crippen LogP contribution in [-0.2, 0) is 4.74 Å². The molecular weight excluding hydrogens is 330 g/mol. The zero-order chi connectivity index (χ0) is 18.5. The number of carbonyl (C=O) groups excluding carboxylic acids is 1. The van der Waals surface area contributed by atoms with Gasteiger partial charge in [-0.3, -0.25) is 0 Å². The molecule has 0 bridgehead atoms. The number of esters is 1. The lowest BCUT2D eigenvalue weighted by molar-refractivity contribution is 0.0526. The minimum Gasteiger partial charge on any atom is -0.462 e.